The van der Waals surface area contributed by atoms with Gasteiger partial charge in [-0.05, 0) is 66.0 Å². The zero-order valence-electron chi connectivity index (χ0n) is 12.4. The van der Waals surface area contributed by atoms with Crippen LogP contribution in [0.4, 0.5) is 0 Å². The first-order valence-corrected chi connectivity index (χ1v) is 7.83. The average molecular weight is 253 g/mol. The fourth-order valence-electron chi connectivity index (χ4n) is 3.72. The summed E-state index contributed by atoms with van der Waals surface area (Å²) in [4.78, 5) is 5.38. The second-order valence-corrected chi connectivity index (χ2v) is 6.59. The van der Waals surface area contributed by atoms with Crippen LogP contribution in [0.25, 0.3) is 0 Å². The van der Waals surface area contributed by atoms with E-state index < -0.39 is 0 Å². The fourth-order valence-corrected chi connectivity index (χ4v) is 3.72. The zero-order chi connectivity index (χ0) is 13.1. The molecule has 2 heterocycles. The molecule has 2 fully saturated rings. The molecule has 0 amide bonds. The topological polar surface area (TPSA) is 32.5 Å². The van der Waals surface area contributed by atoms with Gasteiger partial charge in [-0.1, -0.05) is 0 Å². The van der Waals surface area contributed by atoms with Crippen LogP contribution in [0.1, 0.15) is 52.9 Å². The summed E-state index contributed by atoms with van der Waals surface area (Å²) in [6.07, 6.45) is 6.46. The molecule has 0 radical (unpaired) electrons. The summed E-state index contributed by atoms with van der Waals surface area (Å²) in [5.74, 6) is 0. The van der Waals surface area contributed by atoms with E-state index in [1.165, 1.54) is 51.7 Å². The molecule has 18 heavy (non-hydrogen) atoms. The predicted molar refractivity (Wildman–Crippen MR) is 77.7 cm³/mol. The van der Waals surface area contributed by atoms with Crippen LogP contribution < -0.4 is 5.73 Å². The van der Waals surface area contributed by atoms with Gasteiger partial charge in [-0.15, -0.1) is 0 Å². The highest BCUT2D eigenvalue weighted by Crippen LogP contribution is 2.25. The first kappa shape index (κ1) is 14.3. The third kappa shape index (κ3) is 3.46. The van der Waals surface area contributed by atoms with Crippen molar-refractivity contribution >= 4 is 0 Å². The van der Waals surface area contributed by atoms with E-state index in [1.807, 2.05) is 0 Å². The maximum atomic E-state index is 6.07. The lowest BCUT2D eigenvalue weighted by molar-refractivity contribution is 0.0858. The number of likely N-dealkylation sites (tertiary alicyclic amines) is 2. The molecule has 0 aromatic carbocycles. The lowest BCUT2D eigenvalue weighted by atomic mass is 9.95. The molecule has 0 saturated carbocycles. The fraction of sp³-hybridized carbons (Fsp3) is 1.00. The molecule has 0 spiro atoms. The smallest absolute Gasteiger partial charge is 0.0111 e. The van der Waals surface area contributed by atoms with E-state index in [2.05, 4.69) is 30.6 Å². The summed E-state index contributed by atoms with van der Waals surface area (Å²) < 4.78 is 0. The van der Waals surface area contributed by atoms with E-state index in [1.54, 1.807) is 0 Å². The maximum absolute atomic E-state index is 6.07. The highest BCUT2D eigenvalue weighted by molar-refractivity contribution is 4.87. The van der Waals surface area contributed by atoms with Gasteiger partial charge in [0.25, 0.3) is 0 Å². The minimum Gasteiger partial charge on any atom is -0.328 e. The van der Waals surface area contributed by atoms with Gasteiger partial charge in [-0.25, -0.2) is 0 Å². The normalized spacial score (nSPS) is 36.8. The van der Waals surface area contributed by atoms with Gasteiger partial charge in [0.2, 0.25) is 0 Å². The van der Waals surface area contributed by atoms with Crippen LogP contribution >= 0.6 is 0 Å². The molecular weight excluding hydrogens is 222 g/mol. The summed E-state index contributed by atoms with van der Waals surface area (Å²) >= 11 is 0. The van der Waals surface area contributed by atoms with Crippen molar-refractivity contribution in [3.63, 3.8) is 0 Å². The van der Waals surface area contributed by atoms with Crippen LogP contribution in [0, 0.1) is 0 Å². The summed E-state index contributed by atoms with van der Waals surface area (Å²) in [6, 6.07) is 2.63. The minimum atomic E-state index is 0.439. The van der Waals surface area contributed by atoms with E-state index in [4.69, 9.17) is 5.73 Å². The van der Waals surface area contributed by atoms with Crippen molar-refractivity contribution in [2.75, 3.05) is 19.6 Å². The molecule has 0 bridgehead atoms. The van der Waals surface area contributed by atoms with Crippen molar-refractivity contribution < 1.29 is 0 Å². The maximum Gasteiger partial charge on any atom is 0.0111 e. The zero-order valence-corrected chi connectivity index (χ0v) is 12.4. The molecule has 3 nitrogen and oxygen atoms in total. The van der Waals surface area contributed by atoms with E-state index in [-0.39, 0.29) is 0 Å². The van der Waals surface area contributed by atoms with Crippen LogP contribution in [0.2, 0.25) is 0 Å². The van der Waals surface area contributed by atoms with Crippen molar-refractivity contribution in [3.8, 4) is 0 Å². The Bertz CT molecular complexity index is 254. The number of hydrogen-bond donors (Lipinski definition) is 1. The summed E-state index contributed by atoms with van der Waals surface area (Å²) in [5.41, 5.74) is 6.07. The van der Waals surface area contributed by atoms with Gasteiger partial charge in [-0.3, -0.25) is 4.90 Å². The predicted octanol–water partition coefficient (Wildman–Crippen LogP) is 2.06. The van der Waals surface area contributed by atoms with Crippen molar-refractivity contribution in [2.45, 2.75) is 77.0 Å². The van der Waals surface area contributed by atoms with Gasteiger partial charge in [0, 0.05) is 30.7 Å². The molecule has 2 aliphatic rings. The second-order valence-electron chi connectivity index (χ2n) is 6.59. The first-order valence-electron chi connectivity index (χ1n) is 7.83. The largest absolute Gasteiger partial charge is 0.328 e. The van der Waals surface area contributed by atoms with E-state index >= 15 is 0 Å². The van der Waals surface area contributed by atoms with Gasteiger partial charge >= 0.3 is 0 Å². The van der Waals surface area contributed by atoms with Gasteiger partial charge in [0.15, 0.2) is 0 Å². The molecule has 2 N–H and O–H groups in total. The molecule has 2 aliphatic heterocycles. The number of hydrogen-bond acceptors (Lipinski definition) is 3. The number of nitrogens with zero attached hydrogens (tertiary/aromatic N) is 2. The van der Waals surface area contributed by atoms with Gasteiger partial charge in [0.1, 0.15) is 0 Å². The SMILES string of the molecule is CC(C)N1CCCC(N2CCC(N)CC2C)CC1. The number of rotatable bonds is 2. The van der Waals surface area contributed by atoms with Crippen molar-refractivity contribution in [1.82, 2.24) is 9.80 Å². The van der Waals surface area contributed by atoms with Crippen LogP contribution in [0.3, 0.4) is 0 Å². The third-order valence-corrected chi connectivity index (χ3v) is 4.90. The van der Waals surface area contributed by atoms with Crippen LogP contribution in [0.15, 0.2) is 0 Å². The molecule has 0 aliphatic carbocycles. The highest BCUT2D eigenvalue weighted by Gasteiger charge is 2.30. The van der Waals surface area contributed by atoms with Crippen molar-refractivity contribution in [1.29, 1.82) is 0 Å². The third-order valence-electron chi connectivity index (χ3n) is 4.90. The Morgan fingerprint density at radius 3 is 2.50 bits per heavy atom. The molecule has 3 atom stereocenters. The molecular formula is C15H31N3. The second kappa shape index (κ2) is 6.36. The van der Waals surface area contributed by atoms with Gasteiger partial charge in [0.05, 0.1) is 0 Å². The summed E-state index contributed by atoms with van der Waals surface area (Å²) in [5, 5.41) is 0. The summed E-state index contributed by atoms with van der Waals surface area (Å²) in [7, 11) is 0. The van der Waals surface area contributed by atoms with Crippen molar-refractivity contribution in [3.05, 3.63) is 0 Å². The molecule has 0 aromatic rings. The Kier molecular flexibility index (Phi) is 5.05. The number of piperidine rings is 1. The lowest BCUT2D eigenvalue weighted by Gasteiger charge is -2.41. The Morgan fingerprint density at radius 2 is 1.83 bits per heavy atom. The number of nitrogens with two attached hydrogens (primary N) is 1. The van der Waals surface area contributed by atoms with Gasteiger partial charge in [-0.2, -0.15) is 0 Å². The molecule has 3 unspecified atom stereocenters. The van der Waals surface area contributed by atoms with Crippen LogP contribution in [-0.4, -0.2) is 53.6 Å². The average Bonchev–Trinajstić information content (AvgIpc) is 2.54. The quantitative estimate of drug-likeness (QED) is 0.817. The van der Waals surface area contributed by atoms with Crippen LogP contribution in [-0.2, 0) is 0 Å². The molecule has 3 heteroatoms. The Labute approximate surface area is 113 Å². The Morgan fingerprint density at radius 1 is 1.06 bits per heavy atom. The molecule has 2 saturated heterocycles. The monoisotopic (exact) mass is 253 g/mol. The Balaban J connectivity index is 1.89. The standard InChI is InChI=1S/C15H31N3/c1-12(2)17-8-4-5-15(7-9-17)18-10-6-14(16)11-13(18)3/h12-15H,4-11,16H2,1-3H3. The molecule has 0 aromatic heterocycles. The molecule has 2 rings (SSSR count). The first-order chi connectivity index (χ1) is 8.58. The van der Waals surface area contributed by atoms with Gasteiger partial charge < -0.3 is 10.6 Å². The minimum absolute atomic E-state index is 0.439. The van der Waals surface area contributed by atoms with E-state index in [9.17, 15) is 0 Å². The lowest BCUT2D eigenvalue weighted by Crippen LogP contribution is -2.50. The molecule has 106 valence electrons. The van der Waals surface area contributed by atoms with Crippen LogP contribution in [0.5, 0.6) is 0 Å². The van der Waals surface area contributed by atoms with E-state index in [0.717, 1.165) is 6.04 Å². The van der Waals surface area contributed by atoms with Crippen molar-refractivity contribution in [2.24, 2.45) is 5.73 Å². The Hall–Kier alpha value is -0.120. The summed E-state index contributed by atoms with van der Waals surface area (Å²) in [6.45, 7) is 10.8. The van der Waals surface area contributed by atoms with E-state index in [0.29, 0.717) is 18.1 Å². The highest BCUT2D eigenvalue weighted by atomic mass is 15.2.